The zero-order valence-corrected chi connectivity index (χ0v) is 37.9. The number of nitrogens with zero attached hydrogens (tertiary/aromatic N) is 3. The second-order valence-corrected chi connectivity index (χ2v) is 18.2. The molecule has 0 amide bonds. The van der Waals surface area contributed by atoms with Crippen molar-refractivity contribution in [2.45, 2.75) is 19.3 Å². The molecule has 0 unspecified atom stereocenters. The largest absolute Gasteiger partial charge is 0.295 e. The van der Waals surface area contributed by atoms with Gasteiger partial charge in [-0.1, -0.05) is 190 Å². The summed E-state index contributed by atoms with van der Waals surface area (Å²) in [6, 6.07) is 80.6. The molecule has 0 aliphatic heterocycles. The van der Waals surface area contributed by atoms with Gasteiger partial charge in [0.1, 0.15) is 5.82 Å². The summed E-state index contributed by atoms with van der Waals surface area (Å²) in [5, 5.41) is 16.8. The van der Waals surface area contributed by atoms with Gasteiger partial charge >= 0.3 is 0 Å². The van der Waals surface area contributed by atoms with Gasteiger partial charge in [-0.05, 0) is 154 Å². The molecule has 1 aliphatic carbocycles. The molecule has 320 valence electrons. The number of fused-ring (bicyclic) bond motifs is 6. The van der Waals surface area contributed by atoms with Crippen LogP contribution in [0.15, 0.2) is 225 Å². The third-order valence-corrected chi connectivity index (χ3v) is 14.0. The number of hydrogen-bond acceptors (Lipinski definition) is 3. The number of rotatable bonds is 8. The Morgan fingerprint density at radius 2 is 0.912 bits per heavy atom. The van der Waals surface area contributed by atoms with Crippen molar-refractivity contribution in [3.8, 4) is 50.6 Å². The fourth-order valence-corrected chi connectivity index (χ4v) is 10.6. The van der Waals surface area contributed by atoms with E-state index in [0.717, 1.165) is 28.3 Å². The number of hydrogen-bond donors (Lipinski definition) is 0. The van der Waals surface area contributed by atoms with Crippen molar-refractivity contribution in [3.05, 3.63) is 252 Å². The molecule has 1 heterocycles. The fourth-order valence-electron chi connectivity index (χ4n) is 10.6. The molecule has 11 aromatic rings. The first-order valence-electron chi connectivity index (χ1n) is 23.2. The Hall–Kier alpha value is -8.84. The van der Waals surface area contributed by atoms with Crippen molar-refractivity contribution in [1.29, 1.82) is 5.26 Å². The predicted molar refractivity (Wildman–Crippen MR) is 285 cm³/mol. The van der Waals surface area contributed by atoms with Gasteiger partial charge in [0.2, 0.25) is 0 Å². The molecule has 3 heteroatoms. The Morgan fingerprint density at radius 3 is 1.53 bits per heavy atom. The van der Waals surface area contributed by atoms with Crippen LogP contribution in [0.4, 0.5) is 17.2 Å². The molecular weight excluding hydrogens is 823 g/mol. The van der Waals surface area contributed by atoms with Gasteiger partial charge in [0.05, 0.1) is 11.6 Å². The highest BCUT2D eigenvalue weighted by Crippen LogP contribution is 2.51. The monoisotopic (exact) mass is 867 g/mol. The first-order valence-corrected chi connectivity index (χ1v) is 23.2. The molecule has 12 rings (SSSR count). The second-order valence-electron chi connectivity index (χ2n) is 18.2. The summed E-state index contributed by atoms with van der Waals surface area (Å²) in [5.74, 6) is 0.806. The molecule has 3 nitrogen and oxygen atoms in total. The van der Waals surface area contributed by atoms with Crippen LogP contribution >= 0.6 is 0 Å². The minimum Gasteiger partial charge on any atom is -0.295 e. The zero-order chi connectivity index (χ0) is 45.8. The van der Waals surface area contributed by atoms with E-state index < -0.39 is 0 Å². The number of pyridine rings is 1. The van der Waals surface area contributed by atoms with E-state index in [4.69, 9.17) is 0 Å². The molecule has 0 bridgehead atoms. The van der Waals surface area contributed by atoms with Crippen molar-refractivity contribution < 1.29 is 0 Å². The van der Waals surface area contributed by atoms with Gasteiger partial charge in [-0.3, -0.25) is 4.90 Å². The summed E-state index contributed by atoms with van der Waals surface area (Å²) in [7, 11) is 0. The van der Waals surface area contributed by atoms with Crippen LogP contribution in [-0.2, 0) is 5.41 Å². The van der Waals surface area contributed by atoms with E-state index in [2.05, 4.69) is 218 Å². The first kappa shape index (κ1) is 40.7. The third-order valence-electron chi connectivity index (χ3n) is 14.0. The molecule has 0 saturated carbocycles. The van der Waals surface area contributed by atoms with Gasteiger partial charge in [0, 0.05) is 23.0 Å². The molecule has 0 saturated heterocycles. The highest BCUT2D eigenvalue weighted by molar-refractivity contribution is 6.24. The van der Waals surface area contributed by atoms with Gasteiger partial charge in [-0.2, -0.15) is 5.26 Å². The smallest absolute Gasteiger partial charge is 0.137 e. The topological polar surface area (TPSA) is 39.9 Å². The van der Waals surface area contributed by atoms with E-state index in [1.54, 1.807) is 6.20 Å². The van der Waals surface area contributed by atoms with E-state index in [1.165, 1.54) is 88.0 Å². The Labute approximate surface area is 397 Å². The number of nitriles is 1. The van der Waals surface area contributed by atoms with Crippen molar-refractivity contribution in [2.75, 3.05) is 4.90 Å². The number of benzene rings is 10. The second kappa shape index (κ2) is 16.5. The normalized spacial score (nSPS) is 12.6. The Bertz CT molecular complexity index is 3740. The van der Waals surface area contributed by atoms with Crippen molar-refractivity contribution in [3.63, 3.8) is 0 Å². The summed E-state index contributed by atoms with van der Waals surface area (Å²) in [6.07, 6.45) is 6.13. The van der Waals surface area contributed by atoms with Crippen LogP contribution in [0.2, 0.25) is 0 Å². The average Bonchev–Trinajstić information content (AvgIpc) is 3.63. The minimum absolute atomic E-state index is 0.0671. The molecule has 1 aliphatic rings. The maximum Gasteiger partial charge on any atom is 0.137 e. The van der Waals surface area contributed by atoms with Crippen LogP contribution in [-0.4, -0.2) is 4.98 Å². The molecule has 10 aromatic carbocycles. The molecule has 0 fully saturated rings. The van der Waals surface area contributed by atoms with Gasteiger partial charge in [-0.25, -0.2) is 4.98 Å². The van der Waals surface area contributed by atoms with Crippen molar-refractivity contribution in [1.82, 2.24) is 4.98 Å². The number of aromatic nitrogens is 1. The van der Waals surface area contributed by atoms with Crippen molar-refractivity contribution >= 4 is 61.7 Å². The molecule has 0 atom stereocenters. The van der Waals surface area contributed by atoms with Gasteiger partial charge in [-0.15, -0.1) is 0 Å². The standard InChI is InChI=1S/C65H45N3/c1-65(2)60-20-10-9-15-53(60)54-37-32-47(41-61(54)65)50-38-39-59(52-14-4-3-13-51(50)52)64-57-18-7-5-16-55(57)63(56-17-6-8-19-58(56)64)46-30-24-43(25-31-46)22-23-44-26-33-48(34-27-44)68(62-21-11-12-40-67-62)49-35-28-45(42-66)29-36-49/h3-41H,1-2H3. The lowest BCUT2D eigenvalue weighted by atomic mass is 9.81. The van der Waals surface area contributed by atoms with Gasteiger partial charge in [0.15, 0.2) is 0 Å². The zero-order valence-electron chi connectivity index (χ0n) is 37.9. The lowest BCUT2D eigenvalue weighted by Gasteiger charge is -2.24. The fraction of sp³-hybridized carbons (Fsp3) is 0.0462. The molecule has 0 N–H and O–H groups in total. The molecule has 0 radical (unpaired) electrons. The van der Waals surface area contributed by atoms with Gasteiger partial charge < -0.3 is 0 Å². The van der Waals surface area contributed by atoms with Crippen LogP contribution in [0.3, 0.4) is 0 Å². The van der Waals surface area contributed by atoms with E-state index in [9.17, 15) is 5.26 Å². The number of anilines is 3. The minimum atomic E-state index is -0.0671. The Balaban J connectivity index is 0.886. The quantitative estimate of drug-likeness (QED) is 0.113. The average molecular weight is 868 g/mol. The third kappa shape index (κ3) is 6.86. The Kier molecular flexibility index (Phi) is 9.89. The molecule has 1 aromatic heterocycles. The van der Waals surface area contributed by atoms with E-state index in [1.807, 2.05) is 42.5 Å². The van der Waals surface area contributed by atoms with Gasteiger partial charge in [0.25, 0.3) is 0 Å². The SMILES string of the molecule is CC1(C)c2ccccc2-c2ccc(-c3ccc(-c4c5ccccc5c(-c5ccc(C=Cc6ccc(N(c7ccc(C#N)cc7)c7ccccn7)cc6)cc5)c5ccccc45)c4ccccc34)cc21. The summed E-state index contributed by atoms with van der Waals surface area (Å²) in [6.45, 7) is 4.71. The lowest BCUT2D eigenvalue weighted by Crippen LogP contribution is -2.14. The van der Waals surface area contributed by atoms with E-state index in [-0.39, 0.29) is 5.41 Å². The van der Waals surface area contributed by atoms with Crippen LogP contribution < -0.4 is 4.90 Å². The maximum absolute atomic E-state index is 9.37. The molecular formula is C65H45N3. The van der Waals surface area contributed by atoms with Crippen LogP contribution in [0.5, 0.6) is 0 Å². The van der Waals surface area contributed by atoms with Crippen LogP contribution in [0, 0.1) is 11.3 Å². The van der Waals surface area contributed by atoms with E-state index in [0.29, 0.717) is 5.56 Å². The summed E-state index contributed by atoms with van der Waals surface area (Å²) in [4.78, 5) is 6.74. The van der Waals surface area contributed by atoms with Crippen molar-refractivity contribution in [2.24, 2.45) is 0 Å². The predicted octanol–water partition coefficient (Wildman–Crippen LogP) is 17.4. The summed E-state index contributed by atoms with van der Waals surface area (Å²) >= 11 is 0. The lowest BCUT2D eigenvalue weighted by molar-refractivity contribution is 0.660. The van der Waals surface area contributed by atoms with Crippen LogP contribution in [0.25, 0.3) is 89.0 Å². The summed E-state index contributed by atoms with van der Waals surface area (Å²) < 4.78 is 0. The maximum atomic E-state index is 9.37. The highest BCUT2D eigenvalue weighted by Gasteiger charge is 2.35. The van der Waals surface area contributed by atoms with Crippen LogP contribution in [0.1, 0.15) is 41.7 Å². The molecule has 0 spiro atoms. The summed E-state index contributed by atoms with van der Waals surface area (Å²) in [5.41, 5.74) is 17.6. The Morgan fingerprint density at radius 1 is 0.426 bits per heavy atom. The molecule has 68 heavy (non-hydrogen) atoms. The highest BCUT2D eigenvalue weighted by atomic mass is 15.2. The first-order chi connectivity index (χ1) is 33.4. The van der Waals surface area contributed by atoms with E-state index >= 15 is 0 Å².